The SMILES string of the molecule is CCOC(=O)[C@@H]1C[C@H]1c1nc(Cl)ccc1OCc1ccc(OC)cc1. The number of esters is 1. The highest BCUT2D eigenvalue weighted by Crippen LogP contribution is 2.50. The number of nitrogens with zero attached hydrogens (tertiary/aromatic N) is 1. The third-order valence-corrected chi connectivity index (χ3v) is 4.35. The molecule has 1 fully saturated rings. The van der Waals surface area contributed by atoms with Gasteiger partial charge in [-0.05, 0) is 43.2 Å². The summed E-state index contributed by atoms with van der Waals surface area (Å²) in [4.78, 5) is 16.3. The van der Waals surface area contributed by atoms with E-state index >= 15 is 0 Å². The van der Waals surface area contributed by atoms with Gasteiger partial charge in [0.1, 0.15) is 23.3 Å². The van der Waals surface area contributed by atoms with Crippen molar-refractivity contribution in [3.05, 3.63) is 52.8 Å². The fourth-order valence-corrected chi connectivity index (χ4v) is 2.87. The normalized spacial score (nSPS) is 18.5. The Hall–Kier alpha value is -2.27. The van der Waals surface area contributed by atoms with Gasteiger partial charge in [-0.15, -0.1) is 0 Å². The number of methoxy groups -OCH3 is 1. The molecule has 0 radical (unpaired) electrons. The van der Waals surface area contributed by atoms with Crippen LogP contribution in [0.15, 0.2) is 36.4 Å². The van der Waals surface area contributed by atoms with Crippen LogP contribution in [0.4, 0.5) is 0 Å². The van der Waals surface area contributed by atoms with Gasteiger partial charge in [0.05, 0.1) is 25.3 Å². The van der Waals surface area contributed by atoms with Gasteiger partial charge in [0.25, 0.3) is 0 Å². The molecular weight excluding hydrogens is 342 g/mol. The predicted octanol–water partition coefficient (Wildman–Crippen LogP) is 3.99. The van der Waals surface area contributed by atoms with Gasteiger partial charge >= 0.3 is 5.97 Å². The van der Waals surface area contributed by atoms with Crippen LogP contribution in [-0.2, 0) is 16.1 Å². The Balaban J connectivity index is 1.70. The molecule has 2 aromatic rings. The van der Waals surface area contributed by atoms with E-state index in [9.17, 15) is 4.79 Å². The zero-order valence-corrected chi connectivity index (χ0v) is 15.0. The van der Waals surface area contributed by atoms with Gasteiger partial charge in [-0.25, -0.2) is 4.98 Å². The van der Waals surface area contributed by atoms with Crippen LogP contribution in [0, 0.1) is 5.92 Å². The number of ether oxygens (including phenoxy) is 3. The minimum atomic E-state index is -0.185. The van der Waals surface area contributed by atoms with Crippen LogP contribution in [-0.4, -0.2) is 24.7 Å². The maximum atomic E-state index is 11.9. The Labute approximate surface area is 151 Å². The number of hydrogen-bond donors (Lipinski definition) is 0. The van der Waals surface area contributed by atoms with Crippen LogP contribution in [0.5, 0.6) is 11.5 Å². The first-order valence-corrected chi connectivity index (χ1v) is 8.59. The van der Waals surface area contributed by atoms with E-state index in [-0.39, 0.29) is 17.8 Å². The third-order valence-electron chi connectivity index (χ3n) is 4.14. The Morgan fingerprint density at radius 1 is 1.24 bits per heavy atom. The number of carbonyl (C=O) groups excluding carboxylic acids is 1. The second-order valence-corrected chi connectivity index (χ2v) is 6.24. The Morgan fingerprint density at radius 3 is 2.68 bits per heavy atom. The van der Waals surface area contributed by atoms with Crippen molar-refractivity contribution in [3.8, 4) is 11.5 Å². The average Bonchev–Trinajstić information content (AvgIpc) is 3.42. The number of rotatable bonds is 7. The van der Waals surface area contributed by atoms with E-state index in [1.54, 1.807) is 26.2 Å². The minimum absolute atomic E-state index is 0.00335. The highest BCUT2D eigenvalue weighted by Gasteiger charge is 2.47. The molecule has 132 valence electrons. The lowest BCUT2D eigenvalue weighted by molar-refractivity contribution is -0.144. The summed E-state index contributed by atoms with van der Waals surface area (Å²) in [6, 6.07) is 11.2. The quantitative estimate of drug-likeness (QED) is 0.551. The smallest absolute Gasteiger partial charge is 0.309 e. The average molecular weight is 362 g/mol. The molecule has 1 heterocycles. The third kappa shape index (κ3) is 4.23. The molecule has 0 aliphatic heterocycles. The van der Waals surface area contributed by atoms with Crippen LogP contribution in [0.1, 0.15) is 30.5 Å². The fraction of sp³-hybridized carbons (Fsp3) is 0.368. The number of halogens is 1. The highest BCUT2D eigenvalue weighted by molar-refractivity contribution is 6.29. The van der Waals surface area contributed by atoms with Crippen molar-refractivity contribution < 1.29 is 19.0 Å². The summed E-state index contributed by atoms with van der Waals surface area (Å²) in [7, 11) is 1.63. The van der Waals surface area contributed by atoms with E-state index in [1.165, 1.54) is 0 Å². The number of pyridine rings is 1. The molecule has 0 saturated heterocycles. The summed E-state index contributed by atoms with van der Waals surface area (Å²) in [6.45, 7) is 2.58. The first kappa shape index (κ1) is 17.5. The molecule has 1 aliphatic carbocycles. The lowest BCUT2D eigenvalue weighted by Gasteiger charge is -2.11. The number of aromatic nitrogens is 1. The second kappa shape index (κ2) is 7.74. The van der Waals surface area contributed by atoms with Crippen molar-refractivity contribution in [2.45, 2.75) is 25.9 Å². The maximum absolute atomic E-state index is 11.9. The zero-order chi connectivity index (χ0) is 17.8. The Kier molecular flexibility index (Phi) is 5.43. The molecule has 1 saturated carbocycles. The van der Waals surface area contributed by atoms with Crippen molar-refractivity contribution in [3.63, 3.8) is 0 Å². The summed E-state index contributed by atoms with van der Waals surface area (Å²) >= 11 is 6.03. The van der Waals surface area contributed by atoms with Gasteiger partial charge in [-0.2, -0.15) is 0 Å². The van der Waals surface area contributed by atoms with Crippen LogP contribution in [0.25, 0.3) is 0 Å². The summed E-state index contributed by atoms with van der Waals surface area (Å²) < 4.78 is 16.2. The second-order valence-electron chi connectivity index (χ2n) is 5.85. The van der Waals surface area contributed by atoms with E-state index in [2.05, 4.69) is 4.98 Å². The van der Waals surface area contributed by atoms with Crippen LogP contribution < -0.4 is 9.47 Å². The Morgan fingerprint density at radius 2 is 2.00 bits per heavy atom. The molecule has 0 unspecified atom stereocenters. The van der Waals surface area contributed by atoms with Gasteiger partial charge < -0.3 is 14.2 Å². The molecule has 2 atom stereocenters. The predicted molar refractivity (Wildman–Crippen MR) is 94.1 cm³/mol. The molecule has 5 nitrogen and oxygen atoms in total. The molecule has 0 amide bonds. The van der Waals surface area contributed by atoms with Gasteiger partial charge in [0.15, 0.2) is 0 Å². The van der Waals surface area contributed by atoms with Crippen molar-refractivity contribution >= 4 is 17.6 Å². The first-order chi connectivity index (χ1) is 12.1. The van der Waals surface area contributed by atoms with E-state index in [0.29, 0.717) is 30.5 Å². The zero-order valence-electron chi connectivity index (χ0n) is 14.2. The van der Waals surface area contributed by atoms with Crippen LogP contribution in [0.2, 0.25) is 5.15 Å². The van der Waals surface area contributed by atoms with Gasteiger partial charge in [-0.1, -0.05) is 23.7 Å². The number of benzene rings is 1. The van der Waals surface area contributed by atoms with Crippen molar-refractivity contribution in [2.75, 3.05) is 13.7 Å². The van der Waals surface area contributed by atoms with Crippen molar-refractivity contribution in [2.24, 2.45) is 5.92 Å². The molecule has 6 heteroatoms. The van der Waals surface area contributed by atoms with Crippen LogP contribution in [0.3, 0.4) is 0 Å². The summed E-state index contributed by atoms with van der Waals surface area (Å²) in [5.74, 6) is 1.11. The van der Waals surface area contributed by atoms with E-state index in [4.69, 9.17) is 25.8 Å². The maximum Gasteiger partial charge on any atom is 0.309 e. The van der Waals surface area contributed by atoms with Gasteiger partial charge in [0.2, 0.25) is 0 Å². The standard InChI is InChI=1S/C19H20ClNO4/c1-3-24-19(22)15-10-14(15)18-16(8-9-17(20)21-18)25-11-12-4-6-13(23-2)7-5-12/h4-9,14-15H,3,10-11H2,1-2H3/t14-,15-/m1/s1. The lowest BCUT2D eigenvalue weighted by Crippen LogP contribution is -2.08. The van der Waals surface area contributed by atoms with E-state index in [0.717, 1.165) is 17.0 Å². The minimum Gasteiger partial charge on any atom is -0.497 e. The first-order valence-electron chi connectivity index (χ1n) is 8.21. The van der Waals surface area contributed by atoms with Gasteiger partial charge in [-0.3, -0.25) is 4.79 Å². The molecular formula is C19H20ClNO4. The van der Waals surface area contributed by atoms with Crippen molar-refractivity contribution in [1.29, 1.82) is 0 Å². The molecule has 0 N–H and O–H groups in total. The molecule has 1 aliphatic rings. The number of carbonyl (C=O) groups is 1. The van der Waals surface area contributed by atoms with Crippen molar-refractivity contribution in [1.82, 2.24) is 4.98 Å². The molecule has 1 aromatic carbocycles. The number of hydrogen-bond acceptors (Lipinski definition) is 5. The van der Waals surface area contributed by atoms with Crippen LogP contribution >= 0.6 is 11.6 Å². The fourth-order valence-electron chi connectivity index (χ4n) is 2.71. The van der Waals surface area contributed by atoms with Gasteiger partial charge in [0, 0.05) is 5.92 Å². The van der Waals surface area contributed by atoms with E-state index in [1.807, 2.05) is 24.3 Å². The largest absolute Gasteiger partial charge is 0.497 e. The monoisotopic (exact) mass is 361 g/mol. The molecule has 0 bridgehead atoms. The summed E-state index contributed by atoms with van der Waals surface area (Å²) in [5, 5.41) is 0.390. The molecule has 0 spiro atoms. The summed E-state index contributed by atoms with van der Waals surface area (Å²) in [5.41, 5.74) is 1.73. The molecule has 25 heavy (non-hydrogen) atoms. The van der Waals surface area contributed by atoms with E-state index < -0.39 is 0 Å². The lowest BCUT2D eigenvalue weighted by atomic mass is 10.2. The molecule has 3 rings (SSSR count). The Bertz CT molecular complexity index is 748. The molecule has 1 aromatic heterocycles. The topological polar surface area (TPSA) is 57.7 Å². The summed E-state index contributed by atoms with van der Waals surface area (Å²) in [6.07, 6.45) is 0.713. The highest BCUT2D eigenvalue weighted by atomic mass is 35.5.